The van der Waals surface area contributed by atoms with Gasteiger partial charge >= 0.3 is 0 Å². The fourth-order valence-electron chi connectivity index (χ4n) is 2.77. The molecule has 110 valence electrons. The van der Waals surface area contributed by atoms with Crippen LogP contribution in [0, 0.1) is 6.92 Å². The fraction of sp³-hybridized carbons (Fsp3) is 0.294. The maximum atomic E-state index is 6.35. The van der Waals surface area contributed by atoms with E-state index in [2.05, 4.69) is 46.2 Å². The van der Waals surface area contributed by atoms with Crippen molar-refractivity contribution in [2.45, 2.75) is 6.92 Å². The number of nitrogens with two attached hydrogens (primary N) is 1. The molecule has 2 N–H and O–H groups in total. The Bertz CT molecular complexity index is 619. The minimum absolute atomic E-state index is 0.742. The summed E-state index contributed by atoms with van der Waals surface area (Å²) in [5.41, 5.74) is 10.1. The van der Waals surface area contributed by atoms with Crippen molar-refractivity contribution in [1.29, 1.82) is 0 Å². The van der Waals surface area contributed by atoms with Gasteiger partial charge in [-0.3, -0.25) is 0 Å². The number of rotatable bonds is 2. The summed E-state index contributed by atoms with van der Waals surface area (Å²) < 4.78 is 0. The van der Waals surface area contributed by atoms with Crippen LogP contribution in [0.3, 0.4) is 0 Å². The van der Waals surface area contributed by atoms with Crippen LogP contribution < -0.4 is 15.5 Å². The van der Waals surface area contributed by atoms with Gasteiger partial charge in [0.2, 0.25) is 0 Å². The Kier molecular flexibility index (Phi) is 3.93. The highest BCUT2D eigenvalue weighted by Gasteiger charge is 2.19. The van der Waals surface area contributed by atoms with E-state index < -0.39 is 0 Å². The second-order valence-electron chi connectivity index (χ2n) is 5.47. The van der Waals surface area contributed by atoms with Crippen LogP contribution in [0.25, 0.3) is 0 Å². The number of nitrogens with zero attached hydrogens (tertiary/aromatic N) is 2. The molecule has 4 heteroatoms. The Morgan fingerprint density at radius 3 is 2.24 bits per heavy atom. The van der Waals surface area contributed by atoms with Crippen LogP contribution >= 0.6 is 11.6 Å². The Morgan fingerprint density at radius 1 is 0.952 bits per heavy atom. The van der Waals surface area contributed by atoms with E-state index in [4.69, 9.17) is 17.3 Å². The fourth-order valence-corrected chi connectivity index (χ4v) is 3.06. The Hall–Kier alpha value is -1.87. The summed E-state index contributed by atoms with van der Waals surface area (Å²) in [5, 5.41) is 0.742. The van der Waals surface area contributed by atoms with E-state index in [-0.39, 0.29) is 0 Å². The van der Waals surface area contributed by atoms with Crippen molar-refractivity contribution >= 4 is 28.7 Å². The molecule has 1 fully saturated rings. The number of hydrogen-bond donors (Lipinski definition) is 1. The molecule has 2 aromatic rings. The monoisotopic (exact) mass is 301 g/mol. The molecule has 0 atom stereocenters. The van der Waals surface area contributed by atoms with Crippen LogP contribution in [-0.4, -0.2) is 26.2 Å². The zero-order chi connectivity index (χ0) is 14.8. The highest BCUT2D eigenvalue weighted by Crippen LogP contribution is 2.31. The zero-order valence-corrected chi connectivity index (χ0v) is 13.0. The molecule has 0 spiro atoms. The normalized spacial score (nSPS) is 15.3. The molecule has 1 aliphatic heterocycles. The van der Waals surface area contributed by atoms with Crippen LogP contribution in [0.1, 0.15) is 5.56 Å². The van der Waals surface area contributed by atoms with Crippen molar-refractivity contribution in [1.82, 2.24) is 0 Å². The second kappa shape index (κ2) is 5.86. The molecule has 3 nitrogen and oxygen atoms in total. The summed E-state index contributed by atoms with van der Waals surface area (Å²) in [6.45, 7) is 5.97. The predicted octanol–water partition coefficient (Wildman–Crippen LogP) is 3.56. The molecule has 0 aromatic heterocycles. The van der Waals surface area contributed by atoms with Crippen LogP contribution in [0.15, 0.2) is 42.5 Å². The van der Waals surface area contributed by atoms with Crippen LogP contribution in [0.4, 0.5) is 17.1 Å². The highest BCUT2D eigenvalue weighted by molar-refractivity contribution is 6.33. The SMILES string of the molecule is Cc1cc(N2CCN(c3ccccc3)CC2)c(Cl)cc1N. The summed E-state index contributed by atoms with van der Waals surface area (Å²) in [4.78, 5) is 4.75. The first kappa shape index (κ1) is 14.1. The predicted molar refractivity (Wildman–Crippen MR) is 91.5 cm³/mol. The summed E-state index contributed by atoms with van der Waals surface area (Å²) in [6.07, 6.45) is 0. The lowest BCUT2D eigenvalue weighted by atomic mass is 10.1. The van der Waals surface area contributed by atoms with Gasteiger partial charge < -0.3 is 15.5 Å². The molecule has 1 saturated heterocycles. The van der Waals surface area contributed by atoms with E-state index in [1.807, 2.05) is 13.0 Å². The number of halogens is 1. The van der Waals surface area contributed by atoms with Crippen LogP contribution in [-0.2, 0) is 0 Å². The van der Waals surface area contributed by atoms with Crippen LogP contribution in [0.2, 0.25) is 5.02 Å². The van der Waals surface area contributed by atoms with Gasteiger partial charge in [0, 0.05) is 37.6 Å². The number of para-hydroxylation sites is 1. The van der Waals surface area contributed by atoms with E-state index in [1.54, 1.807) is 0 Å². The van der Waals surface area contributed by atoms with Crippen molar-refractivity contribution < 1.29 is 0 Å². The standard InChI is InChI=1S/C17H20ClN3/c1-13-11-17(15(18)12-16(13)19)21-9-7-20(8-10-21)14-5-3-2-4-6-14/h2-6,11-12H,7-10,19H2,1H3. The third-order valence-corrected chi connectivity index (χ3v) is 4.38. The first-order valence-electron chi connectivity index (χ1n) is 7.26. The van der Waals surface area contributed by atoms with Gasteiger partial charge in [0.25, 0.3) is 0 Å². The average Bonchev–Trinajstić information content (AvgIpc) is 2.52. The van der Waals surface area contributed by atoms with Gasteiger partial charge in [-0.15, -0.1) is 0 Å². The molecular weight excluding hydrogens is 282 g/mol. The van der Waals surface area contributed by atoms with E-state index in [9.17, 15) is 0 Å². The lowest BCUT2D eigenvalue weighted by Gasteiger charge is -2.38. The van der Waals surface area contributed by atoms with Crippen molar-refractivity contribution in [2.24, 2.45) is 0 Å². The molecule has 1 aliphatic rings. The van der Waals surface area contributed by atoms with E-state index >= 15 is 0 Å². The first-order valence-corrected chi connectivity index (χ1v) is 7.63. The quantitative estimate of drug-likeness (QED) is 0.861. The Labute approximate surface area is 130 Å². The van der Waals surface area contributed by atoms with Gasteiger partial charge in [0.1, 0.15) is 0 Å². The number of hydrogen-bond acceptors (Lipinski definition) is 3. The third kappa shape index (κ3) is 2.93. The van der Waals surface area contributed by atoms with Crippen molar-refractivity contribution in [3.8, 4) is 0 Å². The molecule has 0 amide bonds. The minimum atomic E-state index is 0.742. The minimum Gasteiger partial charge on any atom is -0.398 e. The largest absolute Gasteiger partial charge is 0.398 e. The number of nitrogen functional groups attached to an aromatic ring is 1. The molecule has 2 aromatic carbocycles. The Morgan fingerprint density at radius 2 is 1.57 bits per heavy atom. The van der Waals surface area contributed by atoms with Gasteiger partial charge in [-0.05, 0) is 36.8 Å². The van der Waals surface area contributed by atoms with E-state index in [1.165, 1.54) is 5.69 Å². The first-order chi connectivity index (χ1) is 10.1. The molecule has 0 radical (unpaired) electrons. The zero-order valence-electron chi connectivity index (χ0n) is 12.2. The topological polar surface area (TPSA) is 32.5 Å². The molecule has 3 rings (SSSR count). The van der Waals surface area contributed by atoms with Crippen molar-refractivity contribution in [3.05, 3.63) is 53.1 Å². The highest BCUT2D eigenvalue weighted by atomic mass is 35.5. The third-order valence-electron chi connectivity index (χ3n) is 4.08. The lowest BCUT2D eigenvalue weighted by molar-refractivity contribution is 0.653. The van der Waals surface area contributed by atoms with Gasteiger partial charge in [0.15, 0.2) is 0 Å². The summed E-state index contributed by atoms with van der Waals surface area (Å²) in [6, 6.07) is 14.5. The van der Waals surface area contributed by atoms with E-state index in [0.717, 1.165) is 48.1 Å². The van der Waals surface area contributed by atoms with E-state index in [0.29, 0.717) is 0 Å². The number of aryl methyl sites for hydroxylation is 1. The van der Waals surface area contributed by atoms with Gasteiger partial charge in [0.05, 0.1) is 10.7 Å². The Balaban J connectivity index is 1.73. The summed E-state index contributed by atoms with van der Waals surface area (Å²) in [5.74, 6) is 0. The molecular formula is C17H20ClN3. The van der Waals surface area contributed by atoms with Gasteiger partial charge in [-0.1, -0.05) is 29.8 Å². The summed E-state index contributed by atoms with van der Waals surface area (Å²) >= 11 is 6.35. The van der Waals surface area contributed by atoms with Gasteiger partial charge in [-0.2, -0.15) is 0 Å². The van der Waals surface area contributed by atoms with Crippen molar-refractivity contribution in [2.75, 3.05) is 41.7 Å². The molecule has 0 bridgehead atoms. The van der Waals surface area contributed by atoms with Crippen molar-refractivity contribution in [3.63, 3.8) is 0 Å². The number of anilines is 3. The lowest BCUT2D eigenvalue weighted by Crippen LogP contribution is -2.46. The maximum absolute atomic E-state index is 6.35. The molecule has 21 heavy (non-hydrogen) atoms. The maximum Gasteiger partial charge on any atom is 0.0660 e. The molecule has 0 unspecified atom stereocenters. The average molecular weight is 302 g/mol. The number of piperazine rings is 1. The second-order valence-corrected chi connectivity index (χ2v) is 5.88. The smallest absolute Gasteiger partial charge is 0.0660 e. The molecule has 0 aliphatic carbocycles. The van der Waals surface area contributed by atoms with Crippen LogP contribution in [0.5, 0.6) is 0 Å². The van der Waals surface area contributed by atoms with Gasteiger partial charge in [-0.25, -0.2) is 0 Å². The number of benzene rings is 2. The molecule has 0 saturated carbocycles. The summed E-state index contributed by atoms with van der Waals surface area (Å²) in [7, 11) is 0. The molecule has 1 heterocycles.